The van der Waals surface area contributed by atoms with Crippen LogP contribution in [0.1, 0.15) is 51.4 Å². The molecule has 2 aromatic carbocycles. The Morgan fingerprint density at radius 1 is 1.11 bits per heavy atom. The summed E-state index contributed by atoms with van der Waals surface area (Å²) in [6.45, 7) is 5.29. The molecule has 1 saturated heterocycles. The Kier molecular flexibility index (Phi) is 8.68. The number of hydrogen-bond donors (Lipinski definition) is 2. The van der Waals surface area contributed by atoms with Crippen molar-refractivity contribution in [2.45, 2.75) is 38.8 Å². The van der Waals surface area contributed by atoms with Gasteiger partial charge in [0.25, 0.3) is 11.8 Å². The predicted octanol–water partition coefficient (Wildman–Crippen LogP) is 4.63. The van der Waals surface area contributed by atoms with E-state index in [4.69, 9.17) is 16.3 Å². The van der Waals surface area contributed by atoms with Crippen LogP contribution in [0.15, 0.2) is 48.5 Å². The van der Waals surface area contributed by atoms with Gasteiger partial charge in [0.2, 0.25) is 5.01 Å². The molecule has 0 bridgehead atoms. The molecule has 10 heteroatoms. The Labute approximate surface area is 213 Å². The highest BCUT2D eigenvalue weighted by atomic mass is 35.5. The molecule has 1 fully saturated rings. The van der Waals surface area contributed by atoms with Crippen LogP contribution >= 0.6 is 22.9 Å². The predicted molar refractivity (Wildman–Crippen MR) is 137 cm³/mol. The maximum absolute atomic E-state index is 12.6. The van der Waals surface area contributed by atoms with Gasteiger partial charge in [-0.05, 0) is 81.7 Å². The van der Waals surface area contributed by atoms with Gasteiger partial charge in [0, 0.05) is 28.9 Å². The number of hydrogen-bond acceptors (Lipinski definition) is 7. The largest absolute Gasteiger partial charge is 0.486 e. The number of aromatic nitrogens is 2. The van der Waals surface area contributed by atoms with E-state index in [-0.39, 0.29) is 17.5 Å². The third kappa shape index (κ3) is 7.24. The average molecular weight is 514 g/mol. The Balaban J connectivity index is 1.26. The highest BCUT2D eigenvalue weighted by Crippen LogP contribution is 2.19. The molecule has 0 saturated carbocycles. The second-order valence-corrected chi connectivity index (χ2v) is 9.91. The lowest BCUT2D eigenvalue weighted by Gasteiger charge is -2.23. The van der Waals surface area contributed by atoms with Crippen LogP contribution in [-0.4, -0.2) is 52.6 Å². The van der Waals surface area contributed by atoms with E-state index in [9.17, 15) is 9.59 Å². The van der Waals surface area contributed by atoms with E-state index in [1.54, 1.807) is 48.5 Å². The van der Waals surface area contributed by atoms with Crippen LogP contribution in [0.25, 0.3) is 0 Å². The van der Waals surface area contributed by atoms with Crippen LogP contribution in [0.2, 0.25) is 5.02 Å². The molecule has 2 heterocycles. The molecular formula is C25H28ClN5O3S. The van der Waals surface area contributed by atoms with Gasteiger partial charge >= 0.3 is 0 Å². The van der Waals surface area contributed by atoms with Gasteiger partial charge in [0.05, 0.1) is 0 Å². The summed E-state index contributed by atoms with van der Waals surface area (Å²) < 4.78 is 5.65. The second kappa shape index (κ2) is 12.1. The fourth-order valence-corrected chi connectivity index (χ4v) is 4.64. The molecule has 8 nitrogen and oxygen atoms in total. The lowest BCUT2D eigenvalue weighted by Crippen LogP contribution is -2.34. The van der Waals surface area contributed by atoms with E-state index in [0.717, 1.165) is 30.8 Å². The van der Waals surface area contributed by atoms with Crippen molar-refractivity contribution in [2.24, 2.45) is 0 Å². The lowest BCUT2D eigenvalue weighted by atomic mass is 10.1. The van der Waals surface area contributed by atoms with E-state index in [1.165, 1.54) is 12.8 Å². The van der Waals surface area contributed by atoms with Crippen LogP contribution in [0.3, 0.4) is 0 Å². The first kappa shape index (κ1) is 25.1. The molecule has 2 amide bonds. The number of anilines is 1. The van der Waals surface area contributed by atoms with Crippen LogP contribution in [0, 0.1) is 0 Å². The number of nitrogens with one attached hydrogen (secondary N) is 2. The summed E-state index contributed by atoms with van der Waals surface area (Å²) in [6, 6.07) is 14.3. The zero-order valence-electron chi connectivity index (χ0n) is 19.5. The number of halogens is 1. The molecule has 1 atom stereocenters. The highest BCUT2D eigenvalue weighted by molar-refractivity contribution is 7.13. The molecule has 3 aromatic rings. The number of likely N-dealkylation sites (tertiary alicyclic amines) is 1. The normalized spacial score (nSPS) is 14.5. The summed E-state index contributed by atoms with van der Waals surface area (Å²) in [6.07, 6.45) is 3.42. The number of ether oxygens (including phenoxy) is 1. The summed E-state index contributed by atoms with van der Waals surface area (Å²) in [7, 11) is 0. The van der Waals surface area contributed by atoms with E-state index in [0.29, 0.717) is 39.6 Å². The van der Waals surface area contributed by atoms with Gasteiger partial charge in [-0.1, -0.05) is 29.0 Å². The lowest BCUT2D eigenvalue weighted by molar-refractivity contribution is 0.0948. The average Bonchev–Trinajstić information content (AvgIpc) is 3.56. The maximum Gasteiger partial charge on any atom is 0.286 e. The summed E-state index contributed by atoms with van der Waals surface area (Å²) >= 11 is 7.02. The van der Waals surface area contributed by atoms with Gasteiger partial charge in [-0.3, -0.25) is 9.59 Å². The molecule has 1 aliphatic heterocycles. The first-order valence-electron chi connectivity index (χ1n) is 11.6. The van der Waals surface area contributed by atoms with Gasteiger partial charge in [0.15, 0.2) is 5.01 Å². The SMILES string of the molecule is C[C@@H](CCNC(=O)c1cccc(NC(=O)c2nnc(COc3ccc(Cl)cc3)s2)c1)N1CCCC1. The van der Waals surface area contributed by atoms with Crippen LogP contribution in [-0.2, 0) is 6.61 Å². The number of carbonyl (C=O) groups excluding carboxylic acids is 2. The third-order valence-electron chi connectivity index (χ3n) is 5.83. The zero-order chi connectivity index (χ0) is 24.6. The van der Waals surface area contributed by atoms with Crippen molar-refractivity contribution in [2.75, 3.05) is 25.0 Å². The van der Waals surface area contributed by atoms with Crippen molar-refractivity contribution in [3.63, 3.8) is 0 Å². The molecule has 1 aromatic heterocycles. The van der Waals surface area contributed by atoms with Crippen molar-refractivity contribution in [3.05, 3.63) is 69.1 Å². The summed E-state index contributed by atoms with van der Waals surface area (Å²) in [4.78, 5) is 27.7. The van der Waals surface area contributed by atoms with Gasteiger partial charge in [-0.25, -0.2) is 0 Å². The van der Waals surface area contributed by atoms with Crippen molar-refractivity contribution in [3.8, 4) is 5.75 Å². The number of benzene rings is 2. The molecule has 0 aliphatic carbocycles. The molecule has 1 aliphatic rings. The number of rotatable bonds is 10. The van der Waals surface area contributed by atoms with Gasteiger partial charge in [0.1, 0.15) is 12.4 Å². The molecular weight excluding hydrogens is 486 g/mol. The number of nitrogens with zero attached hydrogens (tertiary/aromatic N) is 3. The summed E-state index contributed by atoms with van der Waals surface area (Å²) in [5.74, 6) is 0.0979. The molecule has 184 valence electrons. The first-order valence-corrected chi connectivity index (χ1v) is 12.8. The fraction of sp³-hybridized carbons (Fsp3) is 0.360. The Morgan fingerprint density at radius 3 is 2.66 bits per heavy atom. The van der Waals surface area contributed by atoms with E-state index < -0.39 is 5.91 Å². The van der Waals surface area contributed by atoms with Crippen molar-refractivity contribution >= 4 is 40.4 Å². The zero-order valence-corrected chi connectivity index (χ0v) is 21.1. The first-order chi connectivity index (χ1) is 17.0. The van der Waals surface area contributed by atoms with Gasteiger partial charge in [-0.2, -0.15) is 0 Å². The molecule has 0 unspecified atom stereocenters. The van der Waals surface area contributed by atoms with Crippen LogP contribution in [0.5, 0.6) is 5.75 Å². The van der Waals surface area contributed by atoms with Crippen LogP contribution < -0.4 is 15.4 Å². The van der Waals surface area contributed by atoms with Crippen molar-refractivity contribution in [1.29, 1.82) is 0 Å². The molecule has 35 heavy (non-hydrogen) atoms. The van der Waals surface area contributed by atoms with E-state index >= 15 is 0 Å². The third-order valence-corrected chi connectivity index (χ3v) is 6.98. The van der Waals surface area contributed by atoms with Crippen LogP contribution in [0.4, 0.5) is 5.69 Å². The molecule has 4 rings (SSSR count). The van der Waals surface area contributed by atoms with Gasteiger partial charge < -0.3 is 20.3 Å². The standard InChI is InChI=1S/C25H28ClN5O3S/c1-17(31-13-2-3-14-31)11-12-27-23(32)18-5-4-6-20(15-18)28-24(33)25-30-29-22(35-25)16-34-21-9-7-19(26)8-10-21/h4-10,15,17H,2-3,11-14,16H2,1H3,(H,27,32)(H,28,33)/t17-/m0/s1. The maximum atomic E-state index is 12.6. The Bertz CT molecular complexity index is 1150. The van der Waals surface area contributed by atoms with E-state index in [2.05, 4.69) is 32.7 Å². The Morgan fingerprint density at radius 2 is 1.89 bits per heavy atom. The number of carbonyl (C=O) groups is 2. The Hall–Kier alpha value is -3.01. The molecule has 2 N–H and O–H groups in total. The smallest absolute Gasteiger partial charge is 0.286 e. The highest BCUT2D eigenvalue weighted by Gasteiger charge is 2.18. The molecule has 0 spiro atoms. The minimum Gasteiger partial charge on any atom is -0.486 e. The van der Waals surface area contributed by atoms with Crippen molar-refractivity contribution in [1.82, 2.24) is 20.4 Å². The van der Waals surface area contributed by atoms with Gasteiger partial charge in [-0.15, -0.1) is 10.2 Å². The number of amides is 2. The monoisotopic (exact) mass is 513 g/mol. The quantitative estimate of drug-likeness (QED) is 0.410. The molecule has 0 radical (unpaired) electrons. The van der Waals surface area contributed by atoms with E-state index in [1.807, 2.05) is 0 Å². The second-order valence-electron chi connectivity index (χ2n) is 8.42. The fourth-order valence-electron chi connectivity index (χ4n) is 3.86. The minimum atomic E-state index is -0.391. The minimum absolute atomic E-state index is 0.160. The topological polar surface area (TPSA) is 96.5 Å². The summed E-state index contributed by atoms with van der Waals surface area (Å²) in [5, 5.41) is 15.2. The summed E-state index contributed by atoms with van der Waals surface area (Å²) in [5.41, 5.74) is 1.01. The van der Waals surface area contributed by atoms with Crippen molar-refractivity contribution < 1.29 is 14.3 Å².